The first-order chi connectivity index (χ1) is 12.1. The molecule has 0 N–H and O–H groups in total. The highest BCUT2D eigenvalue weighted by Gasteiger charge is 2.38. The van der Waals surface area contributed by atoms with Gasteiger partial charge >= 0.3 is 0 Å². The summed E-state index contributed by atoms with van der Waals surface area (Å²) in [6, 6.07) is 10.6. The first kappa shape index (κ1) is 17.7. The maximum atomic E-state index is 13.1. The molecule has 1 aliphatic rings. The van der Waals surface area contributed by atoms with Crippen molar-refractivity contribution in [2.24, 2.45) is 0 Å². The van der Waals surface area contributed by atoms with Gasteiger partial charge in [0.05, 0.1) is 19.9 Å². The zero-order chi connectivity index (χ0) is 17.9. The molecule has 7 heteroatoms. The molecule has 0 spiro atoms. The fourth-order valence-electron chi connectivity index (χ4n) is 2.66. The second-order valence-electron chi connectivity index (χ2n) is 5.86. The molecular weight excluding hydrogens is 340 g/mol. The Labute approximate surface area is 148 Å². The van der Waals surface area contributed by atoms with E-state index in [0.29, 0.717) is 18.2 Å². The summed E-state index contributed by atoms with van der Waals surface area (Å²) in [5.74, 6) is 1.11. The van der Waals surface area contributed by atoms with E-state index in [1.54, 1.807) is 23.5 Å². The van der Waals surface area contributed by atoms with E-state index in [0.717, 1.165) is 18.4 Å². The van der Waals surface area contributed by atoms with Crippen LogP contribution in [0, 0.1) is 0 Å². The molecule has 134 valence electrons. The monoisotopic (exact) mass is 362 g/mol. The first-order valence-electron chi connectivity index (χ1n) is 8.29. The van der Waals surface area contributed by atoms with Crippen molar-refractivity contribution in [1.29, 1.82) is 0 Å². The van der Waals surface area contributed by atoms with Crippen molar-refractivity contribution in [2.75, 3.05) is 13.7 Å². The van der Waals surface area contributed by atoms with Crippen LogP contribution < -0.4 is 9.47 Å². The highest BCUT2D eigenvalue weighted by atomic mass is 32.2. The number of nitrogens with zero attached hydrogens (tertiary/aromatic N) is 2. The van der Waals surface area contributed by atoms with Crippen LogP contribution in [0.4, 0.5) is 0 Å². The molecule has 1 fully saturated rings. The Balaban J connectivity index is 1.89. The number of hydrogen-bond acceptors (Lipinski definition) is 5. The highest BCUT2D eigenvalue weighted by molar-refractivity contribution is 7.89. The number of sulfonamides is 1. The predicted octanol–water partition coefficient (Wildman–Crippen LogP) is 2.84. The van der Waals surface area contributed by atoms with E-state index >= 15 is 0 Å². The van der Waals surface area contributed by atoms with Gasteiger partial charge in [-0.1, -0.05) is 18.2 Å². The lowest BCUT2D eigenvalue weighted by Gasteiger charge is -2.23. The molecule has 0 radical (unpaired) electrons. The van der Waals surface area contributed by atoms with E-state index in [-0.39, 0.29) is 17.5 Å². The number of rotatable bonds is 8. The average molecular weight is 362 g/mol. The van der Waals surface area contributed by atoms with Gasteiger partial charge in [0.15, 0.2) is 0 Å². The third-order valence-corrected chi connectivity index (χ3v) is 5.96. The maximum absolute atomic E-state index is 13.1. The third kappa shape index (κ3) is 3.93. The van der Waals surface area contributed by atoms with E-state index in [1.165, 1.54) is 6.20 Å². The molecule has 6 nitrogen and oxygen atoms in total. The summed E-state index contributed by atoms with van der Waals surface area (Å²) in [4.78, 5) is 4.26. The predicted molar refractivity (Wildman–Crippen MR) is 94.2 cm³/mol. The van der Waals surface area contributed by atoms with Crippen LogP contribution in [0.15, 0.2) is 47.5 Å². The second kappa shape index (κ2) is 7.41. The summed E-state index contributed by atoms with van der Waals surface area (Å²) in [7, 11) is -2.04. The normalized spacial score (nSPS) is 14.5. The Morgan fingerprint density at radius 3 is 2.56 bits per heavy atom. The van der Waals surface area contributed by atoms with Crippen molar-refractivity contribution in [3.8, 4) is 11.6 Å². The standard InChI is InChI=1S/C18H22N2O4S/c1-3-24-18-11-10-16(12-19-18)25(21,22)20(15-8-9-15)13-14-6-4-5-7-17(14)23-2/h4-7,10-12,15H,3,8-9,13H2,1-2H3. The van der Waals surface area contributed by atoms with Crippen LogP contribution >= 0.6 is 0 Å². The van der Waals surface area contributed by atoms with E-state index in [1.807, 2.05) is 31.2 Å². The molecule has 0 unspecified atom stereocenters. The molecule has 0 atom stereocenters. The van der Waals surface area contributed by atoms with E-state index in [4.69, 9.17) is 9.47 Å². The van der Waals surface area contributed by atoms with Crippen molar-refractivity contribution < 1.29 is 17.9 Å². The zero-order valence-corrected chi connectivity index (χ0v) is 15.2. The van der Waals surface area contributed by atoms with Gasteiger partial charge in [0.2, 0.25) is 15.9 Å². The second-order valence-corrected chi connectivity index (χ2v) is 7.75. The molecule has 2 aromatic rings. The molecular formula is C18H22N2O4S. The van der Waals surface area contributed by atoms with Gasteiger partial charge in [0, 0.05) is 24.2 Å². The molecule has 1 heterocycles. The van der Waals surface area contributed by atoms with Gasteiger partial charge in [-0.25, -0.2) is 13.4 Å². The summed E-state index contributed by atoms with van der Waals surface area (Å²) in [5.41, 5.74) is 0.847. The number of aromatic nitrogens is 1. The molecule has 0 saturated heterocycles. The number of para-hydroxylation sites is 1. The summed E-state index contributed by atoms with van der Waals surface area (Å²) < 4.78 is 38.4. The van der Waals surface area contributed by atoms with Crippen molar-refractivity contribution in [3.63, 3.8) is 0 Å². The van der Waals surface area contributed by atoms with Crippen molar-refractivity contribution in [2.45, 2.75) is 37.2 Å². The van der Waals surface area contributed by atoms with Crippen molar-refractivity contribution >= 4 is 10.0 Å². The smallest absolute Gasteiger partial charge is 0.245 e. The Bertz CT molecular complexity index is 817. The molecule has 0 bridgehead atoms. The van der Waals surface area contributed by atoms with Gasteiger partial charge in [-0.05, 0) is 31.9 Å². The summed E-state index contributed by atoms with van der Waals surface area (Å²) in [5, 5.41) is 0. The zero-order valence-electron chi connectivity index (χ0n) is 14.4. The number of benzene rings is 1. The SMILES string of the molecule is CCOc1ccc(S(=O)(=O)N(Cc2ccccc2OC)C2CC2)cn1. The lowest BCUT2D eigenvalue weighted by Crippen LogP contribution is -2.32. The van der Waals surface area contributed by atoms with E-state index in [9.17, 15) is 8.42 Å². The van der Waals surface area contributed by atoms with Crippen molar-refractivity contribution in [1.82, 2.24) is 9.29 Å². The lowest BCUT2D eigenvalue weighted by molar-refractivity contribution is 0.326. The molecule has 1 aromatic heterocycles. The summed E-state index contributed by atoms with van der Waals surface area (Å²) in [6.07, 6.45) is 3.11. The number of ether oxygens (including phenoxy) is 2. The van der Waals surface area contributed by atoms with Crippen LogP contribution in [0.3, 0.4) is 0 Å². The Morgan fingerprint density at radius 1 is 1.20 bits per heavy atom. The van der Waals surface area contributed by atoms with Gasteiger partial charge in [0.1, 0.15) is 10.6 Å². The van der Waals surface area contributed by atoms with Crippen LogP contribution in [-0.4, -0.2) is 37.5 Å². The van der Waals surface area contributed by atoms with Crippen LogP contribution in [0.1, 0.15) is 25.3 Å². The molecule has 1 aliphatic carbocycles. The molecule has 3 rings (SSSR count). The lowest BCUT2D eigenvalue weighted by atomic mass is 10.2. The van der Waals surface area contributed by atoms with Crippen LogP contribution in [0.2, 0.25) is 0 Å². The summed E-state index contributed by atoms with van der Waals surface area (Å²) in [6.45, 7) is 2.62. The fraction of sp³-hybridized carbons (Fsp3) is 0.389. The minimum Gasteiger partial charge on any atom is -0.496 e. The van der Waals surface area contributed by atoms with Gasteiger partial charge in [-0.15, -0.1) is 0 Å². The average Bonchev–Trinajstić information content (AvgIpc) is 3.45. The first-order valence-corrected chi connectivity index (χ1v) is 9.73. The molecule has 1 saturated carbocycles. The molecule has 0 aliphatic heterocycles. The number of pyridine rings is 1. The van der Waals surface area contributed by atoms with Crippen LogP contribution in [-0.2, 0) is 16.6 Å². The Kier molecular flexibility index (Phi) is 5.24. The van der Waals surface area contributed by atoms with E-state index in [2.05, 4.69) is 4.98 Å². The Hall–Kier alpha value is -2.12. The Morgan fingerprint density at radius 2 is 1.96 bits per heavy atom. The van der Waals surface area contributed by atoms with Gasteiger partial charge in [-0.3, -0.25) is 0 Å². The summed E-state index contributed by atoms with van der Waals surface area (Å²) >= 11 is 0. The topological polar surface area (TPSA) is 68.7 Å². The molecule has 0 amide bonds. The van der Waals surface area contributed by atoms with Crippen molar-refractivity contribution in [3.05, 3.63) is 48.2 Å². The van der Waals surface area contributed by atoms with E-state index < -0.39 is 10.0 Å². The number of hydrogen-bond donors (Lipinski definition) is 0. The number of methoxy groups -OCH3 is 1. The van der Waals surface area contributed by atoms with Crippen LogP contribution in [0.25, 0.3) is 0 Å². The fourth-order valence-corrected chi connectivity index (χ4v) is 4.27. The minimum absolute atomic E-state index is 0.0291. The van der Waals surface area contributed by atoms with Crippen LogP contribution in [0.5, 0.6) is 11.6 Å². The van der Waals surface area contributed by atoms with Gasteiger partial charge in [-0.2, -0.15) is 4.31 Å². The molecule has 1 aromatic carbocycles. The third-order valence-electron chi connectivity index (χ3n) is 4.08. The maximum Gasteiger partial charge on any atom is 0.245 e. The quantitative estimate of drug-likeness (QED) is 0.722. The van der Waals surface area contributed by atoms with Gasteiger partial charge < -0.3 is 9.47 Å². The largest absolute Gasteiger partial charge is 0.496 e. The molecule has 25 heavy (non-hydrogen) atoms. The minimum atomic E-state index is -3.63. The highest BCUT2D eigenvalue weighted by Crippen LogP contribution is 2.35. The van der Waals surface area contributed by atoms with Gasteiger partial charge in [0.25, 0.3) is 0 Å².